The molecule has 1 aliphatic carbocycles. The maximum absolute atomic E-state index is 13.0. The lowest BCUT2D eigenvalue weighted by Gasteiger charge is -2.23. The molecular weight excluding hydrogens is 358 g/mol. The molecule has 0 aromatic heterocycles. The van der Waals surface area contributed by atoms with Gasteiger partial charge in [0.1, 0.15) is 5.75 Å². The molecule has 0 fully saturated rings. The summed E-state index contributed by atoms with van der Waals surface area (Å²) in [6.45, 7) is 4.03. The Morgan fingerprint density at radius 2 is 1.76 bits per heavy atom. The molecule has 29 heavy (non-hydrogen) atoms. The van der Waals surface area contributed by atoms with E-state index in [-0.39, 0.29) is 11.9 Å². The standard InChI is InChI=1S/C26H29NO2/c1-3-24(29-25-14-8-12-20-10-6-7-13-23(20)25)26(28)27-18(2)21-16-15-19-9-4-5-11-22(19)17-21/h6-8,10,12-18,24H,3-5,9,11H2,1-2H3,(H,27,28). The Bertz CT molecular complexity index is 1010. The molecule has 3 nitrogen and oxygen atoms in total. The zero-order valence-electron chi connectivity index (χ0n) is 17.3. The number of rotatable bonds is 6. The number of hydrogen-bond donors (Lipinski definition) is 1. The number of hydrogen-bond acceptors (Lipinski definition) is 2. The molecule has 1 amide bonds. The number of nitrogens with one attached hydrogen (secondary N) is 1. The third-order valence-corrected chi connectivity index (χ3v) is 5.91. The van der Waals surface area contributed by atoms with Gasteiger partial charge in [-0.25, -0.2) is 0 Å². The maximum atomic E-state index is 13.0. The van der Waals surface area contributed by atoms with Crippen LogP contribution in [0.2, 0.25) is 0 Å². The van der Waals surface area contributed by atoms with Gasteiger partial charge < -0.3 is 10.1 Å². The first-order valence-electron chi connectivity index (χ1n) is 10.7. The Hall–Kier alpha value is -2.81. The number of ether oxygens (including phenoxy) is 1. The first-order chi connectivity index (χ1) is 14.2. The number of carbonyl (C=O) groups excluding carboxylic acids is 1. The molecule has 0 bridgehead atoms. The molecule has 1 N–H and O–H groups in total. The van der Waals surface area contributed by atoms with Crippen molar-refractivity contribution in [2.45, 2.75) is 58.1 Å². The largest absolute Gasteiger partial charge is 0.480 e. The van der Waals surface area contributed by atoms with Crippen molar-refractivity contribution in [1.29, 1.82) is 0 Å². The van der Waals surface area contributed by atoms with Crippen LogP contribution in [0, 0.1) is 0 Å². The summed E-state index contributed by atoms with van der Waals surface area (Å²) in [7, 11) is 0. The van der Waals surface area contributed by atoms with Crippen molar-refractivity contribution in [3.63, 3.8) is 0 Å². The summed E-state index contributed by atoms with van der Waals surface area (Å²) in [4.78, 5) is 13.0. The predicted octanol–water partition coefficient (Wildman–Crippen LogP) is 5.75. The molecule has 150 valence electrons. The first-order valence-corrected chi connectivity index (χ1v) is 10.7. The predicted molar refractivity (Wildman–Crippen MR) is 118 cm³/mol. The third-order valence-electron chi connectivity index (χ3n) is 5.91. The molecule has 0 saturated heterocycles. The van der Waals surface area contributed by atoms with Crippen LogP contribution in [0.5, 0.6) is 5.75 Å². The Balaban J connectivity index is 1.47. The average Bonchev–Trinajstić information content (AvgIpc) is 2.77. The highest BCUT2D eigenvalue weighted by Gasteiger charge is 2.22. The molecule has 0 saturated carbocycles. The Kier molecular flexibility index (Phi) is 5.84. The van der Waals surface area contributed by atoms with Crippen LogP contribution < -0.4 is 10.1 Å². The van der Waals surface area contributed by atoms with Crippen LogP contribution in [0.1, 0.15) is 55.8 Å². The zero-order chi connectivity index (χ0) is 20.2. The molecule has 1 aliphatic rings. The van der Waals surface area contributed by atoms with E-state index in [1.54, 1.807) is 0 Å². The summed E-state index contributed by atoms with van der Waals surface area (Å²) in [6.07, 6.45) is 4.96. The second kappa shape index (κ2) is 8.69. The smallest absolute Gasteiger partial charge is 0.261 e. The second-order valence-electron chi connectivity index (χ2n) is 7.96. The van der Waals surface area contributed by atoms with Crippen LogP contribution in [0.3, 0.4) is 0 Å². The minimum Gasteiger partial charge on any atom is -0.480 e. The molecule has 0 aliphatic heterocycles. The minimum atomic E-state index is -0.513. The van der Waals surface area contributed by atoms with Gasteiger partial charge in [0, 0.05) is 5.39 Å². The zero-order valence-corrected chi connectivity index (χ0v) is 17.3. The number of benzene rings is 3. The van der Waals surface area contributed by atoms with Gasteiger partial charge in [0.15, 0.2) is 6.10 Å². The fraction of sp³-hybridized carbons (Fsp3) is 0.346. The van der Waals surface area contributed by atoms with E-state index in [1.165, 1.54) is 36.0 Å². The van der Waals surface area contributed by atoms with Crippen molar-refractivity contribution in [1.82, 2.24) is 5.32 Å². The third kappa shape index (κ3) is 4.29. The van der Waals surface area contributed by atoms with E-state index in [0.29, 0.717) is 6.42 Å². The normalized spacial score (nSPS) is 15.4. The van der Waals surface area contributed by atoms with Gasteiger partial charge in [-0.3, -0.25) is 4.79 Å². The molecule has 0 spiro atoms. The van der Waals surface area contributed by atoms with Crippen molar-refractivity contribution < 1.29 is 9.53 Å². The lowest BCUT2D eigenvalue weighted by atomic mass is 9.89. The van der Waals surface area contributed by atoms with E-state index in [4.69, 9.17) is 4.74 Å². The summed E-state index contributed by atoms with van der Waals surface area (Å²) in [5.74, 6) is 0.692. The molecule has 4 rings (SSSR count). The van der Waals surface area contributed by atoms with Crippen LogP contribution in [0.25, 0.3) is 10.8 Å². The van der Waals surface area contributed by atoms with E-state index in [1.807, 2.05) is 44.2 Å². The SMILES string of the molecule is CCC(Oc1cccc2ccccc12)C(=O)NC(C)c1ccc2c(c1)CCCC2. The van der Waals surface area contributed by atoms with Gasteiger partial charge in [-0.2, -0.15) is 0 Å². The highest BCUT2D eigenvalue weighted by atomic mass is 16.5. The number of aryl methyl sites for hydroxylation is 2. The van der Waals surface area contributed by atoms with Crippen molar-refractivity contribution >= 4 is 16.7 Å². The van der Waals surface area contributed by atoms with Gasteiger partial charge in [0.05, 0.1) is 6.04 Å². The van der Waals surface area contributed by atoms with Crippen LogP contribution in [0.4, 0.5) is 0 Å². The van der Waals surface area contributed by atoms with E-state index in [9.17, 15) is 4.79 Å². The summed E-state index contributed by atoms with van der Waals surface area (Å²) >= 11 is 0. The lowest BCUT2D eigenvalue weighted by molar-refractivity contribution is -0.128. The van der Waals surface area contributed by atoms with Crippen molar-refractivity contribution in [3.05, 3.63) is 77.4 Å². The van der Waals surface area contributed by atoms with Crippen molar-refractivity contribution in [3.8, 4) is 5.75 Å². The molecule has 3 aromatic rings. The van der Waals surface area contributed by atoms with Crippen LogP contribution in [-0.4, -0.2) is 12.0 Å². The second-order valence-corrected chi connectivity index (χ2v) is 7.96. The van der Waals surface area contributed by atoms with Gasteiger partial charge in [-0.15, -0.1) is 0 Å². The van der Waals surface area contributed by atoms with Gasteiger partial charge in [0.2, 0.25) is 0 Å². The highest BCUT2D eigenvalue weighted by molar-refractivity contribution is 5.89. The summed E-state index contributed by atoms with van der Waals surface area (Å²) < 4.78 is 6.15. The van der Waals surface area contributed by atoms with Crippen molar-refractivity contribution in [2.24, 2.45) is 0 Å². The highest BCUT2D eigenvalue weighted by Crippen LogP contribution is 2.27. The van der Waals surface area contributed by atoms with Gasteiger partial charge in [-0.05, 0) is 67.2 Å². The van der Waals surface area contributed by atoms with E-state index in [0.717, 1.165) is 22.9 Å². The quantitative estimate of drug-likeness (QED) is 0.584. The van der Waals surface area contributed by atoms with Crippen LogP contribution in [0.15, 0.2) is 60.7 Å². The van der Waals surface area contributed by atoms with Gasteiger partial charge in [-0.1, -0.05) is 61.5 Å². The molecule has 0 heterocycles. The Morgan fingerprint density at radius 1 is 1.00 bits per heavy atom. The van der Waals surface area contributed by atoms with E-state index in [2.05, 4.69) is 35.6 Å². The number of amides is 1. The fourth-order valence-corrected chi connectivity index (χ4v) is 4.19. The summed E-state index contributed by atoms with van der Waals surface area (Å²) in [6, 6.07) is 20.7. The van der Waals surface area contributed by atoms with Crippen LogP contribution >= 0.6 is 0 Å². The molecule has 3 heteroatoms. The summed E-state index contributed by atoms with van der Waals surface area (Å²) in [5, 5.41) is 5.30. The minimum absolute atomic E-state index is 0.0418. The van der Waals surface area contributed by atoms with Crippen molar-refractivity contribution in [2.75, 3.05) is 0 Å². The maximum Gasteiger partial charge on any atom is 0.261 e. The average molecular weight is 388 g/mol. The number of carbonyl (C=O) groups is 1. The van der Waals surface area contributed by atoms with E-state index < -0.39 is 6.10 Å². The molecule has 0 radical (unpaired) electrons. The molecule has 2 atom stereocenters. The Labute approximate surface area is 173 Å². The summed E-state index contributed by atoms with van der Waals surface area (Å²) in [5.41, 5.74) is 4.07. The lowest BCUT2D eigenvalue weighted by Crippen LogP contribution is -2.39. The number of fused-ring (bicyclic) bond motifs is 2. The van der Waals surface area contributed by atoms with Gasteiger partial charge in [0.25, 0.3) is 5.91 Å². The topological polar surface area (TPSA) is 38.3 Å². The molecule has 3 aromatic carbocycles. The molecular formula is C26H29NO2. The monoisotopic (exact) mass is 387 g/mol. The Morgan fingerprint density at radius 3 is 2.59 bits per heavy atom. The first kappa shape index (κ1) is 19.5. The van der Waals surface area contributed by atoms with Crippen LogP contribution in [-0.2, 0) is 17.6 Å². The molecule has 2 unspecified atom stereocenters. The van der Waals surface area contributed by atoms with Gasteiger partial charge >= 0.3 is 0 Å². The van der Waals surface area contributed by atoms with E-state index >= 15 is 0 Å². The fourth-order valence-electron chi connectivity index (χ4n) is 4.19.